The molecule has 9 heteroatoms. The molecule has 1 aliphatic carbocycles. The van der Waals surface area contributed by atoms with Crippen molar-refractivity contribution in [3.8, 4) is 0 Å². The van der Waals surface area contributed by atoms with Crippen molar-refractivity contribution in [2.24, 2.45) is 0 Å². The highest BCUT2D eigenvalue weighted by atomic mass is 32.2. The Bertz CT molecular complexity index is 727. The number of amides is 1. The van der Waals surface area contributed by atoms with Crippen molar-refractivity contribution in [2.45, 2.75) is 42.4 Å². The van der Waals surface area contributed by atoms with E-state index in [1.165, 1.54) is 12.1 Å². The van der Waals surface area contributed by atoms with Crippen molar-refractivity contribution >= 4 is 15.9 Å². The van der Waals surface area contributed by atoms with Crippen LogP contribution in [0, 0.1) is 5.82 Å². The number of sulfonamides is 1. The van der Waals surface area contributed by atoms with Crippen LogP contribution in [0.3, 0.4) is 0 Å². The van der Waals surface area contributed by atoms with E-state index in [-0.39, 0.29) is 23.1 Å². The van der Waals surface area contributed by atoms with Gasteiger partial charge in [-0.05, 0) is 37.5 Å². The molecule has 1 saturated carbocycles. The molecule has 3 rings (SSSR count). The van der Waals surface area contributed by atoms with E-state index in [0.29, 0.717) is 19.6 Å². The van der Waals surface area contributed by atoms with E-state index < -0.39 is 28.3 Å². The van der Waals surface area contributed by atoms with E-state index in [9.17, 15) is 17.6 Å². The van der Waals surface area contributed by atoms with E-state index in [0.717, 1.165) is 25.0 Å². The molecule has 2 N–H and O–H groups in total. The highest BCUT2D eigenvalue weighted by Gasteiger charge is 2.34. The van der Waals surface area contributed by atoms with Crippen molar-refractivity contribution in [2.75, 3.05) is 19.8 Å². The molecular formula is C16H21FN2O5S. The molecule has 0 aromatic heterocycles. The van der Waals surface area contributed by atoms with Crippen LogP contribution >= 0.6 is 0 Å². The predicted molar refractivity (Wildman–Crippen MR) is 86.9 cm³/mol. The Labute approximate surface area is 145 Å². The van der Waals surface area contributed by atoms with Crippen molar-refractivity contribution < 1.29 is 27.1 Å². The first kappa shape index (κ1) is 18.2. The second-order valence-corrected chi connectivity index (χ2v) is 7.94. The maximum absolute atomic E-state index is 13.1. The minimum absolute atomic E-state index is 0.0308. The smallest absolute Gasteiger partial charge is 0.241 e. The number of rotatable bonds is 5. The highest BCUT2D eigenvalue weighted by Crippen LogP contribution is 2.26. The number of ether oxygens (including phenoxy) is 2. The van der Waals surface area contributed by atoms with Gasteiger partial charge in [-0.3, -0.25) is 4.79 Å². The summed E-state index contributed by atoms with van der Waals surface area (Å²) in [7, 11) is -3.93. The molecule has 0 spiro atoms. The molecule has 3 unspecified atom stereocenters. The summed E-state index contributed by atoms with van der Waals surface area (Å²) in [5, 5.41) is 2.81. The Kier molecular flexibility index (Phi) is 5.67. The van der Waals surface area contributed by atoms with Gasteiger partial charge in [0.1, 0.15) is 5.82 Å². The Morgan fingerprint density at radius 1 is 1.20 bits per heavy atom. The lowest BCUT2D eigenvalue weighted by Gasteiger charge is -2.39. The number of nitrogens with one attached hydrogen (secondary N) is 2. The molecule has 25 heavy (non-hydrogen) atoms. The number of benzene rings is 1. The van der Waals surface area contributed by atoms with Gasteiger partial charge in [-0.2, -0.15) is 0 Å². The van der Waals surface area contributed by atoms with Gasteiger partial charge in [-0.15, -0.1) is 0 Å². The third-order valence-electron chi connectivity index (χ3n) is 4.37. The van der Waals surface area contributed by atoms with Gasteiger partial charge in [0.05, 0.1) is 36.9 Å². The van der Waals surface area contributed by atoms with Gasteiger partial charge in [-0.25, -0.2) is 17.5 Å². The maximum atomic E-state index is 13.1. The number of fused-ring (bicyclic) bond motifs is 1. The van der Waals surface area contributed by atoms with Crippen LogP contribution in [0.5, 0.6) is 0 Å². The summed E-state index contributed by atoms with van der Waals surface area (Å²) in [4.78, 5) is 11.8. The van der Waals surface area contributed by atoms with Crippen LogP contribution in [0.25, 0.3) is 0 Å². The summed E-state index contributed by atoms with van der Waals surface area (Å²) in [6, 6.07) is 4.55. The first-order valence-corrected chi connectivity index (χ1v) is 9.70. The van der Waals surface area contributed by atoms with Crippen molar-refractivity contribution in [3.05, 3.63) is 30.1 Å². The van der Waals surface area contributed by atoms with E-state index in [1.54, 1.807) is 0 Å². The quantitative estimate of drug-likeness (QED) is 0.788. The number of carbonyl (C=O) groups excluding carboxylic acids is 1. The number of halogens is 1. The number of carbonyl (C=O) groups is 1. The largest absolute Gasteiger partial charge is 0.373 e. The lowest BCUT2D eigenvalue weighted by molar-refractivity contribution is -0.158. The predicted octanol–water partition coefficient (Wildman–Crippen LogP) is 0.557. The van der Waals surface area contributed by atoms with Crippen LogP contribution in [0.2, 0.25) is 0 Å². The zero-order chi connectivity index (χ0) is 17.9. The Hall–Kier alpha value is -1.55. The van der Waals surface area contributed by atoms with Gasteiger partial charge in [0.25, 0.3) is 0 Å². The van der Waals surface area contributed by atoms with E-state index in [2.05, 4.69) is 10.0 Å². The van der Waals surface area contributed by atoms with Crippen LogP contribution in [0.15, 0.2) is 29.2 Å². The summed E-state index contributed by atoms with van der Waals surface area (Å²) in [5.74, 6) is -1.08. The summed E-state index contributed by atoms with van der Waals surface area (Å²) in [6.45, 7) is 0.746. The van der Waals surface area contributed by atoms with Crippen LogP contribution in [0.4, 0.5) is 4.39 Å². The lowest BCUT2D eigenvalue weighted by atomic mass is 9.89. The normalized spacial score (nSPS) is 26.7. The summed E-state index contributed by atoms with van der Waals surface area (Å²) in [5.41, 5.74) is 0. The molecule has 1 aliphatic heterocycles. The molecule has 1 aromatic rings. The third kappa shape index (κ3) is 4.75. The summed E-state index contributed by atoms with van der Waals surface area (Å²) >= 11 is 0. The molecule has 7 nitrogen and oxygen atoms in total. The molecule has 3 atom stereocenters. The Balaban J connectivity index is 1.49. The molecule has 0 bridgehead atoms. The van der Waals surface area contributed by atoms with Gasteiger partial charge >= 0.3 is 0 Å². The topological polar surface area (TPSA) is 93.7 Å². The first-order valence-electron chi connectivity index (χ1n) is 8.22. The van der Waals surface area contributed by atoms with Crippen LogP contribution in [-0.2, 0) is 24.3 Å². The molecule has 1 amide bonds. The van der Waals surface area contributed by atoms with Crippen molar-refractivity contribution in [1.82, 2.24) is 10.0 Å². The van der Waals surface area contributed by atoms with Crippen molar-refractivity contribution in [1.29, 1.82) is 0 Å². The van der Waals surface area contributed by atoms with Crippen LogP contribution < -0.4 is 10.0 Å². The van der Waals surface area contributed by atoms with Gasteiger partial charge in [0.15, 0.2) is 0 Å². The monoisotopic (exact) mass is 372 g/mol. The molecule has 1 aromatic carbocycles. The Morgan fingerprint density at radius 3 is 2.72 bits per heavy atom. The Morgan fingerprint density at radius 2 is 1.96 bits per heavy atom. The van der Waals surface area contributed by atoms with E-state index in [4.69, 9.17) is 9.47 Å². The molecule has 2 fully saturated rings. The minimum Gasteiger partial charge on any atom is -0.373 e. The molecule has 2 aliphatic rings. The standard InChI is InChI=1S/C16H21FN2O5S/c17-11-2-1-3-13(8-11)25(21,22)18-10-16(20)19-12-4-5-14-15(9-12)24-7-6-23-14/h1-3,8,12,14-15,18H,4-7,9-10H2,(H,19,20). The second kappa shape index (κ2) is 7.77. The fraction of sp³-hybridized carbons (Fsp3) is 0.562. The van der Waals surface area contributed by atoms with E-state index >= 15 is 0 Å². The molecule has 138 valence electrons. The fourth-order valence-electron chi connectivity index (χ4n) is 3.15. The van der Waals surface area contributed by atoms with Gasteiger partial charge < -0.3 is 14.8 Å². The van der Waals surface area contributed by atoms with Gasteiger partial charge in [0, 0.05) is 6.04 Å². The fourth-order valence-corrected chi connectivity index (χ4v) is 4.17. The van der Waals surface area contributed by atoms with E-state index in [1.807, 2.05) is 0 Å². The summed E-state index contributed by atoms with van der Waals surface area (Å²) < 4.78 is 50.8. The van der Waals surface area contributed by atoms with Crippen LogP contribution in [0.1, 0.15) is 19.3 Å². The molecule has 0 radical (unpaired) electrons. The average Bonchev–Trinajstić information content (AvgIpc) is 2.60. The highest BCUT2D eigenvalue weighted by molar-refractivity contribution is 7.89. The zero-order valence-corrected chi connectivity index (χ0v) is 14.4. The zero-order valence-electron chi connectivity index (χ0n) is 13.6. The van der Waals surface area contributed by atoms with Gasteiger partial charge in [0.2, 0.25) is 15.9 Å². The molecule has 1 heterocycles. The minimum atomic E-state index is -3.93. The third-order valence-corrected chi connectivity index (χ3v) is 5.77. The van der Waals surface area contributed by atoms with Crippen LogP contribution in [-0.4, -0.2) is 52.3 Å². The SMILES string of the molecule is O=C(CNS(=O)(=O)c1cccc(F)c1)NC1CCC2OCCOC2C1. The van der Waals surface area contributed by atoms with Gasteiger partial charge in [-0.1, -0.05) is 6.07 Å². The van der Waals surface area contributed by atoms with Crippen molar-refractivity contribution in [3.63, 3.8) is 0 Å². The average molecular weight is 372 g/mol. The number of hydrogen-bond acceptors (Lipinski definition) is 5. The molecular weight excluding hydrogens is 351 g/mol. The molecule has 1 saturated heterocycles. The number of hydrogen-bond donors (Lipinski definition) is 2. The lowest BCUT2D eigenvalue weighted by Crippen LogP contribution is -2.50. The summed E-state index contributed by atoms with van der Waals surface area (Å²) in [6.07, 6.45) is 2.25. The second-order valence-electron chi connectivity index (χ2n) is 6.18. The maximum Gasteiger partial charge on any atom is 0.241 e. The first-order chi connectivity index (χ1) is 11.9.